The average Bonchev–Trinajstić information content (AvgIpc) is 3.21. The quantitative estimate of drug-likeness (QED) is 0.794. The number of nitrogens with zero attached hydrogens (tertiary/aromatic N) is 1. The highest BCUT2D eigenvalue weighted by molar-refractivity contribution is 5.99. The van der Waals surface area contributed by atoms with E-state index in [-0.39, 0.29) is 5.91 Å². The van der Waals surface area contributed by atoms with Gasteiger partial charge in [0.25, 0.3) is 5.91 Å². The second-order valence-electron chi connectivity index (χ2n) is 5.55. The van der Waals surface area contributed by atoms with Gasteiger partial charge in [-0.15, -0.1) is 0 Å². The summed E-state index contributed by atoms with van der Waals surface area (Å²) in [4.78, 5) is 14.5. The Morgan fingerprint density at radius 3 is 2.84 bits per heavy atom. The van der Waals surface area contributed by atoms with Gasteiger partial charge in [0, 0.05) is 24.3 Å². The van der Waals surface area contributed by atoms with Crippen LogP contribution in [-0.2, 0) is 0 Å². The molecule has 104 valence electrons. The van der Waals surface area contributed by atoms with Crippen LogP contribution in [0.15, 0.2) is 18.2 Å². The number of benzene rings is 1. The van der Waals surface area contributed by atoms with Crippen LogP contribution in [0.4, 0.5) is 5.69 Å². The van der Waals surface area contributed by atoms with Crippen molar-refractivity contribution in [3.8, 4) is 0 Å². The molecule has 2 rings (SSSR count). The van der Waals surface area contributed by atoms with Crippen molar-refractivity contribution in [2.24, 2.45) is 0 Å². The van der Waals surface area contributed by atoms with Crippen molar-refractivity contribution in [3.05, 3.63) is 29.3 Å². The minimum atomic E-state index is -0.0859. The van der Waals surface area contributed by atoms with Crippen LogP contribution < -0.4 is 11.1 Å². The Balaban J connectivity index is 1.91. The van der Waals surface area contributed by atoms with Crippen LogP contribution in [0.3, 0.4) is 0 Å². The van der Waals surface area contributed by atoms with Gasteiger partial charge in [-0.05, 0) is 45.9 Å². The monoisotopic (exact) mass is 261 g/mol. The number of nitrogen functional groups attached to an aromatic ring is 1. The van der Waals surface area contributed by atoms with Crippen LogP contribution in [0.25, 0.3) is 0 Å². The highest BCUT2D eigenvalue weighted by Crippen LogP contribution is 2.26. The zero-order valence-corrected chi connectivity index (χ0v) is 11.9. The van der Waals surface area contributed by atoms with Crippen LogP contribution in [0.1, 0.15) is 35.7 Å². The summed E-state index contributed by atoms with van der Waals surface area (Å²) in [5.74, 6) is -0.0859. The fourth-order valence-corrected chi connectivity index (χ4v) is 2.19. The number of carbonyl (C=O) groups is 1. The Bertz CT molecular complexity index is 468. The zero-order chi connectivity index (χ0) is 14.0. The van der Waals surface area contributed by atoms with Crippen molar-refractivity contribution < 1.29 is 4.79 Å². The molecule has 1 fully saturated rings. The van der Waals surface area contributed by atoms with E-state index in [0.717, 1.165) is 5.56 Å². The number of hydrogen-bond acceptors (Lipinski definition) is 3. The van der Waals surface area contributed by atoms with Crippen LogP contribution in [0.2, 0.25) is 0 Å². The lowest BCUT2D eigenvalue weighted by Gasteiger charge is -2.24. The van der Waals surface area contributed by atoms with Gasteiger partial charge >= 0.3 is 0 Å². The molecule has 4 nitrogen and oxygen atoms in total. The maximum Gasteiger partial charge on any atom is 0.253 e. The van der Waals surface area contributed by atoms with E-state index in [2.05, 4.69) is 24.2 Å². The summed E-state index contributed by atoms with van der Waals surface area (Å²) >= 11 is 0. The summed E-state index contributed by atoms with van der Waals surface area (Å²) in [6, 6.07) is 6.58. The molecule has 0 radical (unpaired) electrons. The lowest BCUT2D eigenvalue weighted by Crippen LogP contribution is -2.41. The summed E-state index contributed by atoms with van der Waals surface area (Å²) < 4.78 is 0. The number of nitrogens with two attached hydrogens (primary N) is 1. The lowest BCUT2D eigenvalue weighted by molar-refractivity contribution is 0.0940. The van der Waals surface area contributed by atoms with E-state index in [1.165, 1.54) is 12.8 Å². The molecule has 0 aliphatic heterocycles. The molecule has 1 aliphatic rings. The fraction of sp³-hybridized carbons (Fsp3) is 0.533. The molecule has 4 heteroatoms. The van der Waals surface area contributed by atoms with Gasteiger partial charge in [-0.25, -0.2) is 0 Å². The number of carbonyl (C=O) groups excluding carboxylic acids is 1. The molecule has 19 heavy (non-hydrogen) atoms. The Kier molecular flexibility index (Phi) is 4.10. The highest BCUT2D eigenvalue weighted by atomic mass is 16.1. The molecule has 1 atom stereocenters. The van der Waals surface area contributed by atoms with E-state index in [4.69, 9.17) is 5.73 Å². The van der Waals surface area contributed by atoms with Gasteiger partial charge in [0.1, 0.15) is 0 Å². The van der Waals surface area contributed by atoms with Gasteiger partial charge in [-0.2, -0.15) is 0 Å². The Labute approximate surface area is 115 Å². The molecule has 3 N–H and O–H groups in total. The number of aryl methyl sites for hydroxylation is 1. The fourth-order valence-electron chi connectivity index (χ4n) is 2.19. The van der Waals surface area contributed by atoms with E-state index in [1.54, 1.807) is 6.07 Å². The molecule has 0 saturated heterocycles. The Hall–Kier alpha value is -1.55. The Morgan fingerprint density at radius 2 is 2.21 bits per heavy atom. The SMILES string of the molecule is Cc1ccc(N)c(C(=O)NCC(C)N(C)C2CC2)c1. The average molecular weight is 261 g/mol. The minimum absolute atomic E-state index is 0.0859. The molecular weight excluding hydrogens is 238 g/mol. The molecule has 0 spiro atoms. The number of likely N-dealkylation sites (N-methyl/N-ethyl adjacent to an activating group) is 1. The first kappa shape index (κ1) is 13.9. The van der Waals surface area contributed by atoms with Crippen LogP contribution in [0.5, 0.6) is 0 Å². The molecule has 0 heterocycles. The molecule has 0 aromatic heterocycles. The summed E-state index contributed by atoms with van der Waals surface area (Å²) in [7, 11) is 2.12. The van der Waals surface area contributed by atoms with Gasteiger partial charge in [0.2, 0.25) is 0 Å². The normalized spacial score (nSPS) is 16.4. The third-order valence-corrected chi connectivity index (χ3v) is 3.83. The lowest BCUT2D eigenvalue weighted by atomic mass is 10.1. The van der Waals surface area contributed by atoms with Crippen molar-refractivity contribution in [1.29, 1.82) is 0 Å². The predicted molar refractivity (Wildman–Crippen MR) is 78.2 cm³/mol. The maximum atomic E-state index is 12.1. The standard InChI is InChI=1S/C15H23N3O/c1-10-4-7-14(16)13(8-10)15(19)17-9-11(2)18(3)12-5-6-12/h4,7-8,11-12H,5-6,9,16H2,1-3H3,(H,17,19). The van der Waals surface area contributed by atoms with E-state index in [9.17, 15) is 4.79 Å². The first-order chi connectivity index (χ1) is 8.99. The number of anilines is 1. The third kappa shape index (κ3) is 3.47. The summed E-state index contributed by atoms with van der Waals surface area (Å²) in [5, 5.41) is 2.97. The van der Waals surface area contributed by atoms with Crippen LogP contribution in [-0.4, -0.2) is 36.5 Å². The molecular formula is C15H23N3O. The largest absolute Gasteiger partial charge is 0.398 e. The first-order valence-electron chi connectivity index (χ1n) is 6.85. The van der Waals surface area contributed by atoms with Gasteiger partial charge in [-0.3, -0.25) is 9.69 Å². The molecule has 1 saturated carbocycles. The maximum absolute atomic E-state index is 12.1. The number of hydrogen-bond donors (Lipinski definition) is 2. The molecule has 1 aromatic rings. The van der Waals surface area contributed by atoms with Crippen molar-refractivity contribution in [2.75, 3.05) is 19.3 Å². The second-order valence-corrected chi connectivity index (χ2v) is 5.55. The highest BCUT2D eigenvalue weighted by Gasteiger charge is 2.29. The van der Waals surface area contributed by atoms with Gasteiger partial charge in [0.05, 0.1) is 5.56 Å². The van der Waals surface area contributed by atoms with Gasteiger partial charge in [0.15, 0.2) is 0 Å². The number of nitrogens with one attached hydrogen (secondary N) is 1. The summed E-state index contributed by atoms with van der Waals surface area (Å²) in [5.41, 5.74) is 7.99. The smallest absolute Gasteiger partial charge is 0.253 e. The molecule has 0 bridgehead atoms. The van der Waals surface area contributed by atoms with E-state index >= 15 is 0 Å². The zero-order valence-electron chi connectivity index (χ0n) is 11.9. The number of rotatable bonds is 5. The molecule has 1 amide bonds. The van der Waals surface area contributed by atoms with Gasteiger partial charge < -0.3 is 11.1 Å². The topological polar surface area (TPSA) is 58.4 Å². The van der Waals surface area contributed by atoms with Crippen molar-refractivity contribution in [3.63, 3.8) is 0 Å². The van der Waals surface area contributed by atoms with Crippen molar-refractivity contribution in [2.45, 2.75) is 38.8 Å². The van der Waals surface area contributed by atoms with E-state index in [1.807, 2.05) is 19.1 Å². The minimum Gasteiger partial charge on any atom is -0.398 e. The first-order valence-corrected chi connectivity index (χ1v) is 6.85. The van der Waals surface area contributed by atoms with Crippen LogP contribution in [0, 0.1) is 6.92 Å². The predicted octanol–water partition coefficient (Wildman–Crippen LogP) is 1.79. The van der Waals surface area contributed by atoms with Crippen LogP contribution >= 0.6 is 0 Å². The number of amides is 1. The third-order valence-electron chi connectivity index (χ3n) is 3.83. The Morgan fingerprint density at radius 1 is 1.53 bits per heavy atom. The van der Waals surface area contributed by atoms with Crippen molar-refractivity contribution >= 4 is 11.6 Å². The molecule has 1 unspecified atom stereocenters. The van der Waals surface area contributed by atoms with E-state index in [0.29, 0.717) is 29.9 Å². The van der Waals surface area contributed by atoms with Crippen molar-refractivity contribution in [1.82, 2.24) is 10.2 Å². The molecule has 1 aromatic carbocycles. The van der Waals surface area contributed by atoms with Gasteiger partial charge in [-0.1, -0.05) is 11.6 Å². The van der Waals surface area contributed by atoms with E-state index < -0.39 is 0 Å². The second kappa shape index (κ2) is 5.61. The molecule has 1 aliphatic carbocycles. The summed E-state index contributed by atoms with van der Waals surface area (Å²) in [6.07, 6.45) is 2.55. The summed E-state index contributed by atoms with van der Waals surface area (Å²) in [6.45, 7) is 4.75.